The molecule has 0 saturated heterocycles. The van der Waals surface area contributed by atoms with Crippen LogP contribution in [0.4, 0.5) is 4.79 Å². The Morgan fingerprint density at radius 3 is 2.86 bits per heavy atom. The van der Waals surface area contributed by atoms with Gasteiger partial charge in [0, 0.05) is 19.2 Å². The summed E-state index contributed by atoms with van der Waals surface area (Å²) in [5, 5.41) is 14.5. The smallest absolute Gasteiger partial charge is 0.317 e. The van der Waals surface area contributed by atoms with E-state index in [1.165, 1.54) is 0 Å². The molecule has 0 radical (unpaired) electrons. The summed E-state index contributed by atoms with van der Waals surface area (Å²) in [4.78, 5) is 13.7. The minimum atomic E-state index is -0.180. The van der Waals surface area contributed by atoms with Crippen molar-refractivity contribution in [2.45, 2.75) is 40.4 Å². The Hall–Kier alpha value is -2.38. The lowest BCUT2D eigenvalue weighted by atomic mass is 10.2. The maximum absolute atomic E-state index is 12.1. The Morgan fingerprint density at radius 1 is 1.48 bits per heavy atom. The van der Waals surface area contributed by atoms with Crippen LogP contribution in [0.3, 0.4) is 0 Å². The van der Waals surface area contributed by atoms with Crippen LogP contribution in [0.1, 0.15) is 29.8 Å². The van der Waals surface area contributed by atoms with Gasteiger partial charge in [-0.2, -0.15) is 0 Å². The van der Waals surface area contributed by atoms with E-state index in [2.05, 4.69) is 20.7 Å². The van der Waals surface area contributed by atoms with Gasteiger partial charge in [0.25, 0.3) is 0 Å². The van der Waals surface area contributed by atoms with Crippen LogP contribution < -0.4 is 5.32 Å². The standard InChI is InChI=1S/C13H20N6O2/c1-5-19-8-15-16-12(19)6-14-13(20)18(4)7-11-9(2)17-21-10(11)3/h8H,5-7H2,1-4H3,(H,14,20). The first-order valence-electron chi connectivity index (χ1n) is 6.80. The van der Waals surface area contributed by atoms with Crippen molar-refractivity contribution < 1.29 is 9.32 Å². The summed E-state index contributed by atoms with van der Waals surface area (Å²) in [6, 6.07) is -0.180. The molecule has 2 heterocycles. The molecule has 8 heteroatoms. The second-order valence-electron chi connectivity index (χ2n) is 4.85. The maximum Gasteiger partial charge on any atom is 0.317 e. The summed E-state index contributed by atoms with van der Waals surface area (Å²) < 4.78 is 6.98. The van der Waals surface area contributed by atoms with Gasteiger partial charge in [0.2, 0.25) is 0 Å². The molecule has 0 unspecified atom stereocenters. The first-order valence-corrected chi connectivity index (χ1v) is 6.80. The molecular weight excluding hydrogens is 272 g/mol. The van der Waals surface area contributed by atoms with Crippen LogP contribution in [0.2, 0.25) is 0 Å². The second kappa shape index (κ2) is 6.38. The van der Waals surface area contributed by atoms with Crippen LogP contribution in [0.5, 0.6) is 0 Å². The lowest BCUT2D eigenvalue weighted by Crippen LogP contribution is -2.37. The Labute approximate surface area is 123 Å². The number of nitrogens with one attached hydrogen (secondary N) is 1. The summed E-state index contributed by atoms with van der Waals surface area (Å²) in [5.74, 6) is 1.47. The van der Waals surface area contributed by atoms with Crippen LogP contribution in [0, 0.1) is 13.8 Å². The van der Waals surface area contributed by atoms with E-state index in [1.54, 1.807) is 18.3 Å². The van der Waals surface area contributed by atoms with E-state index in [0.29, 0.717) is 13.1 Å². The molecular formula is C13H20N6O2. The number of urea groups is 1. The molecule has 0 fully saturated rings. The van der Waals surface area contributed by atoms with Crippen LogP contribution in [-0.4, -0.2) is 37.9 Å². The SMILES string of the molecule is CCn1cnnc1CNC(=O)N(C)Cc1c(C)noc1C. The predicted molar refractivity (Wildman–Crippen MR) is 75.4 cm³/mol. The van der Waals surface area contributed by atoms with Gasteiger partial charge in [0.15, 0.2) is 5.82 Å². The molecule has 0 aliphatic carbocycles. The number of hydrogen-bond donors (Lipinski definition) is 1. The fourth-order valence-corrected chi connectivity index (χ4v) is 2.01. The normalized spacial score (nSPS) is 10.7. The molecule has 0 bridgehead atoms. The summed E-state index contributed by atoms with van der Waals surface area (Å²) in [6.07, 6.45) is 1.65. The zero-order chi connectivity index (χ0) is 15.4. The molecule has 0 spiro atoms. The summed E-state index contributed by atoms with van der Waals surface area (Å²) >= 11 is 0. The van der Waals surface area contributed by atoms with E-state index >= 15 is 0 Å². The van der Waals surface area contributed by atoms with Crippen molar-refractivity contribution in [2.24, 2.45) is 0 Å². The highest BCUT2D eigenvalue weighted by atomic mass is 16.5. The molecule has 0 aliphatic rings. The van der Waals surface area contributed by atoms with Crippen molar-refractivity contribution in [1.82, 2.24) is 30.1 Å². The van der Waals surface area contributed by atoms with Crippen molar-refractivity contribution in [3.05, 3.63) is 29.2 Å². The third-order valence-electron chi connectivity index (χ3n) is 3.36. The largest absolute Gasteiger partial charge is 0.361 e. The maximum atomic E-state index is 12.1. The Morgan fingerprint density at radius 2 is 2.24 bits per heavy atom. The molecule has 2 rings (SSSR count). The molecule has 0 aliphatic heterocycles. The first-order chi connectivity index (χ1) is 10.0. The van der Waals surface area contributed by atoms with Crippen LogP contribution >= 0.6 is 0 Å². The number of carbonyl (C=O) groups is 1. The summed E-state index contributed by atoms with van der Waals surface area (Å²) in [6.45, 7) is 7.27. The number of rotatable bonds is 5. The zero-order valence-corrected chi connectivity index (χ0v) is 12.8. The Balaban J connectivity index is 1.91. The molecule has 0 saturated carbocycles. The van der Waals surface area contributed by atoms with E-state index in [0.717, 1.165) is 29.4 Å². The lowest BCUT2D eigenvalue weighted by Gasteiger charge is -2.17. The van der Waals surface area contributed by atoms with E-state index in [4.69, 9.17) is 4.52 Å². The van der Waals surface area contributed by atoms with Crippen molar-refractivity contribution >= 4 is 6.03 Å². The average molecular weight is 292 g/mol. The number of amides is 2. The lowest BCUT2D eigenvalue weighted by molar-refractivity contribution is 0.205. The number of hydrogen-bond acceptors (Lipinski definition) is 5. The Bertz CT molecular complexity index is 598. The fraction of sp³-hybridized carbons (Fsp3) is 0.538. The molecule has 2 aromatic rings. The third-order valence-corrected chi connectivity index (χ3v) is 3.36. The first kappa shape index (κ1) is 15.0. The van der Waals surface area contributed by atoms with Gasteiger partial charge in [-0.1, -0.05) is 5.16 Å². The quantitative estimate of drug-likeness (QED) is 0.895. The van der Waals surface area contributed by atoms with E-state index in [-0.39, 0.29) is 6.03 Å². The van der Waals surface area contributed by atoms with E-state index in [9.17, 15) is 4.79 Å². The highest BCUT2D eigenvalue weighted by Crippen LogP contribution is 2.14. The van der Waals surface area contributed by atoms with Gasteiger partial charge in [0.05, 0.1) is 18.8 Å². The van der Waals surface area contributed by atoms with Crippen LogP contribution in [-0.2, 0) is 19.6 Å². The highest BCUT2D eigenvalue weighted by Gasteiger charge is 2.15. The van der Waals surface area contributed by atoms with Gasteiger partial charge >= 0.3 is 6.03 Å². The minimum absolute atomic E-state index is 0.180. The van der Waals surface area contributed by atoms with Gasteiger partial charge in [-0.25, -0.2) is 4.79 Å². The highest BCUT2D eigenvalue weighted by molar-refractivity contribution is 5.73. The molecule has 1 N–H and O–H groups in total. The Kier molecular flexibility index (Phi) is 4.56. The van der Waals surface area contributed by atoms with Gasteiger partial charge in [-0.15, -0.1) is 10.2 Å². The molecule has 2 aromatic heterocycles. The van der Waals surface area contributed by atoms with Gasteiger partial charge < -0.3 is 19.3 Å². The predicted octanol–water partition coefficient (Wildman–Crippen LogP) is 1.24. The minimum Gasteiger partial charge on any atom is -0.361 e. The van der Waals surface area contributed by atoms with Gasteiger partial charge in [0.1, 0.15) is 12.1 Å². The van der Waals surface area contributed by atoms with Crippen molar-refractivity contribution in [1.29, 1.82) is 0 Å². The number of aromatic nitrogens is 4. The molecule has 0 aromatic carbocycles. The third kappa shape index (κ3) is 3.39. The van der Waals surface area contributed by atoms with E-state index < -0.39 is 0 Å². The molecule has 21 heavy (non-hydrogen) atoms. The summed E-state index contributed by atoms with van der Waals surface area (Å²) in [5.41, 5.74) is 1.74. The number of carbonyl (C=O) groups excluding carboxylic acids is 1. The van der Waals surface area contributed by atoms with E-state index in [1.807, 2.05) is 25.3 Å². The average Bonchev–Trinajstić information content (AvgIpc) is 3.05. The summed E-state index contributed by atoms with van der Waals surface area (Å²) in [7, 11) is 1.73. The zero-order valence-electron chi connectivity index (χ0n) is 12.8. The van der Waals surface area contributed by atoms with Gasteiger partial charge in [-0.05, 0) is 20.8 Å². The molecule has 8 nitrogen and oxygen atoms in total. The monoisotopic (exact) mass is 292 g/mol. The topological polar surface area (TPSA) is 89.1 Å². The number of aryl methyl sites for hydroxylation is 3. The van der Waals surface area contributed by atoms with Crippen LogP contribution in [0.15, 0.2) is 10.9 Å². The fourth-order valence-electron chi connectivity index (χ4n) is 2.01. The van der Waals surface area contributed by atoms with Crippen molar-refractivity contribution in [3.8, 4) is 0 Å². The van der Waals surface area contributed by atoms with Crippen LogP contribution in [0.25, 0.3) is 0 Å². The van der Waals surface area contributed by atoms with Gasteiger partial charge in [-0.3, -0.25) is 0 Å². The van der Waals surface area contributed by atoms with Crippen molar-refractivity contribution in [2.75, 3.05) is 7.05 Å². The molecule has 2 amide bonds. The second-order valence-corrected chi connectivity index (χ2v) is 4.85. The molecule has 114 valence electrons. The van der Waals surface area contributed by atoms with Crippen molar-refractivity contribution in [3.63, 3.8) is 0 Å². The molecule has 0 atom stereocenters. The number of nitrogens with zero attached hydrogens (tertiary/aromatic N) is 5.